The Morgan fingerprint density at radius 3 is 2.86 bits per heavy atom. The zero-order valence-corrected chi connectivity index (χ0v) is 15.1. The molecule has 0 fully saturated rings. The zero-order valence-electron chi connectivity index (χ0n) is 12.7. The number of thiazole rings is 1. The van der Waals surface area contributed by atoms with Crippen LogP contribution in [0, 0.1) is 12.8 Å². The van der Waals surface area contributed by atoms with Crippen molar-refractivity contribution in [3.63, 3.8) is 0 Å². The molecule has 0 saturated heterocycles. The molecule has 0 aliphatic carbocycles. The lowest BCUT2D eigenvalue weighted by molar-refractivity contribution is 0.467. The second-order valence-electron chi connectivity index (χ2n) is 5.47. The van der Waals surface area contributed by atoms with E-state index in [0.29, 0.717) is 5.92 Å². The molecule has 0 spiro atoms. The molecule has 1 aromatic heterocycles. The Morgan fingerprint density at radius 2 is 2.19 bits per heavy atom. The van der Waals surface area contributed by atoms with Gasteiger partial charge in [0.1, 0.15) is 0 Å². The van der Waals surface area contributed by atoms with Crippen LogP contribution in [0.25, 0.3) is 0 Å². The average molecular weight is 367 g/mol. The molecule has 1 N–H and O–H groups in total. The van der Waals surface area contributed by atoms with E-state index in [-0.39, 0.29) is 0 Å². The van der Waals surface area contributed by atoms with E-state index in [1.54, 1.807) is 11.3 Å². The number of benzene rings is 1. The van der Waals surface area contributed by atoms with Crippen molar-refractivity contribution >= 4 is 27.3 Å². The Kier molecular flexibility index (Phi) is 6.87. The third-order valence-electron chi connectivity index (χ3n) is 3.44. The van der Waals surface area contributed by atoms with Crippen LogP contribution in [-0.2, 0) is 12.8 Å². The maximum Gasteiger partial charge on any atom is 0.0897 e. The van der Waals surface area contributed by atoms with Crippen LogP contribution in [0.5, 0.6) is 0 Å². The summed E-state index contributed by atoms with van der Waals surface area (Å²) in [5.74, 6) is 0.590. The molecule has 1 unspecified atom stereocenters. The topological polar surface area (TPSA) is 24.9 Å². The number of hydrogen-bond acceptors (Lipinski definition) is 3. The number of nitrogens with one attached hydrogen (secondary N) is 1. The monoisotopic (exact) mass is 366 g/mol. The lowest BCUT2D eigenvalue weighted by atomic mass is 9.95. The molecule has 2 nitrogen and oxygen atoms in total. The lowest BCUT2D eigenvalue weighted by Crippen LogP contribution is -2.26. The van der Waals surface area contributed by atoms with Gasteiger partial charge in [0.15, 0.2) is 0 Å². The molecule has 0 amide bonds. The summed E-state index contributed by atoms with van der Waals surface area (Å²) in [6.45, 7) is 6.43. The van der Waals surface area contributed by atoms with Crippen LogP contribution < -0.4 is 5.32 Å². The number of nitrogens with zero attached hydrogens (tertiary/aromatic N) is 1. The average Bonchev–Trinajstić information content (AvgIpc) is 2.84. The third-order valence-corrected chi connectivity index (χ3v) is 4.75. The first kappa shape index (κ1) is 16.7. The first-order valence-corrected chi connectivity index (χ1v) is 9.20. The smallest absolute Gasteiger partial charge is 0.0897 e. The van der Waals surface area contributed by atoms with Gasteiger partial charge in [-0.05, 0) is 62.9 Å². The van der Waals surface area contributed by atoms with Crippen molar-refractivity contribution in [1.82, 2.24) is 10.3 Å². The fourth-order valence-electron chi connectivity index (χ4n) is 2.49. The SMILES string of the molecule is CCCNCC(Cc1cccc(Br)c1)Cc1csc(C)n1. The maximum atomic E-state index is 4.62. The molecule has 2 rings (SSSR count). The molecular weight excluding hydrogens is 344 g/mol. The third kappa shape index (κ3) is 5.89. The minimum absolute atomic E-state index is 0.590. The Bertz CT molecular complexity index is 553. The summed E-state index contributed by atoms with van der Waals surface area (Å²) in [6, 6.07) is 8.63. The van der Waals surface area contributed by atoms with Crippen molar-refractivity contribution in [3.05, 3.63) is 50.4 Å². The quantitative estimate of drug-likeness (QED) is 0.689. The summed E-state index contributed by atoms with van der Waals surface area (Å²) >= 11 is 5.30. The molecule has 1 aromatic carbocycles. The van der Waals surface area contributed by atoms with Gasteiger partial charge in [-0.25, -0.2) is 4.98 Å². The standard InChI is InChI=1S/C17H23BrN2S/c1-3-7-19-11-15(10-17-12-21-13(2)20-17)8-14-5-4-6-16(18)9-14/h4-6,9,12,15,19H,3,7-8,10-11H2,1-2H3. The molecule has 1 atom stereocenters. The van der Waals surface area contributed by atoms with Gasteiger partial charge in [0.2, 0.25) is 0 Å². The van der Waals surface area contributed by atoms with E-state index in [2.05, 4.69) is 69.7 Å². The fraction of sp³-hybridized carbons (Fsp3) is 0.471. The normalized spacial score (nSPS) is 12.5. The predicted octanol–water partition coefficient (Wildman–Crippen LogP) is 4.62. The molecule has 21 heavy (non-hydrogen) atoms. The first-order chi connectivity index (χ1) is 10.2. The molecule has 0 aliphatic rings. The van der Waals surface area contributed by atoms with Crippen molar-refractivity contribution in [2.45, 2.75) is 33.1 Å². The van der Waals surface area contributed by atoms with Gasteiger partial charge < -0.3 is 5.32 Å². The van der Waals surface area contributed by atoms with Crippen LogP contribution in [0.2, 0.25) is 0 Å². The number of hydrogen-bond donors (Lipinski definition) is 1. The summed E-state index contributed by atoms with van der Waals surface area (Å²) in [7, 11) is 0. The molecule has 0 aliphatic heterocycles. The van der Waals surface area contributed by atoms with Gasteiger partial charge in [0.05, 0.1) is 10.7 Å². The molecule has 0 radical (unpaired) electrons. The van der Waals surface area contributed by atoms with Gasteiger partial charge >= 0.3 is 0 Å². The minimum Gasteiger partial charge on any atom is -0.316 e. The molecule has 2 aromatic rings. The minimum atomic E-state index is 0.590. The second-order valence-corrected chi connectivity index (χ2v) is 7.44. The lowest BCUT2D eigenvalue weighted by Gasteiger charge is -2.17. The molecule has 4 heteroatoms. The van der Waals surface area contributed by atoms with E-state index in [0.717, 1.165) is 35.4 Å². The van der Waals surface area contributed by atoms with Gasteiger partial charge in [-0.3, -0.25) is 0 Å². The predicted molar refractivity (Wildman–Crippen MR) is 95.1 cm³/mol. The summed E-state index contributed by atoms with van der Waals surface area (Å²) in [5, 5.41) is 6.92. The van der Waals surface area contributed by atoms with Crippen molar-refractivity contribution in [1.29, 1.82) is 0 Å². The molecule has 0 saturated carbocycles. The van der Waals surface area contributed by atoms with Crippen LogP contribution in [0.4, 0.5) is 0 Å². The first-order valence-electron chi connectivity index (χ1n) is 7.53. The number of aromatic nitrogens is 1. The number of halogens is 1. The van der Waals surface area contributed by atoms with Gasteiger partial charge in [-0.2, -0.15) is 0 Å². The van der Waals surface area contributed by atoms with Crippen molar-refractivity contribution in [2.24, 2.45) is 5.92 Å². The summed E-state index contributed by atoms with van der Waals surface area (Å²) in [6.07, 6.45) is 3.32. The van der Waals surface area contributed by atoms with E-state index in [1.165, 1.54) is 17.7 Å². The van der Waals surface area contributed by atoms with E-state index in [4.69, 9.17) is 0 Å². The molecule has 1 heterocycles. The highest BCUT2D eigenvalue weighted by molar-refractivity contribution is 9.10. The van der Waals surface area contributed by atoms with E-state index >= 15 is 0 Å². The van der Waals surface area contributed by atoms with Crippen molar-refractivity contribution in [2.75, 3.05) is 13.1 Å². The van der Waals surface area contributed by atoms with Gasteiger partial charge in [-0.1, -0.05) is 35.0 Å². The molecule has 0 bridgehead atoms. The summed E-state index contributed by atoms with van der Waals surface area (Å²) in [4.78, 5) is 4.62. The Morgan fingerprint density at radius 1 is 1.33 bits per heavy atom. The highest BCUT2D eigenvalue weighted by Gasteiger charge is 2.12. The van der Waals surface area contributed by atoms with Crippen molar-refractivity contribution < 1.29 is 0 Å². The number of aryl methyl sites for hydroxylation is 1. The number of rotatable bonds is 8. The summed E-state index contributed by atoms with van der Waals surface area (Å²) in [5.41, 5.74) is 2.62. The van der Waals surface area contributed by atoms with Gasteiger partial charge in [0.25, 0.3) is 0 Å². The van der Waals surface area contributed by atoms with Crippen LogP contribution in [0.1, 0.15) is 29.6 Å². The van der Waals surface area contributed by atoms with Crippen LogP contribution in [0.15, 0.2) is 34.1 Å². The van der Waals surface area contributed by atoms with Gasteiger partial charge in [-0.15, -0.1) is 11.3 Å². The van der Waals surface area contributed by atoms with Crippen LogP contribution in [0.3, 0.4) is 0 Å². The summed E-state index contributed by atoms with van der Waals surface area (Å²) < 4.78 is 1.16. The maximum absolute atomic E-state index is 4.62. The highest BCUT2D eigenvalue weighted by atomic mass is 79.9. The van der Waals surface area contributed by atoms with Gasteiger partial charge in [0, 0.05) is 9.85 Å². The van der Waals surface area contributed by atoms with E-state index < -0.39 is 0 Å². The Balaban J connectivity index is 2.00. The Labute approximate surface area is 140 Å². The highest BCUT2D eigenvalue weighted by Crippen LogP contribution is 2.19. The van der Waals surface area contributed by atoms with E-state index in [1.807, 2.05) is 0 Å². The second kappa shape index (κ2) is 8.66. The van der Waals surface area contributed by atoms with Crippen LogP contribution in [-0.4, -0.2) is 18.1 Å². The van der Waals surface area contributed by atoms with Crippen LogP contribution >= 0.6 is 27.3 Å². The largest absolute Gasteiger partial charge is 0.316 e. The fourth-order valence-corrected chi connectivity index (χ4v) is 3.57. The zero-order chi connectivity index (χ0) is 15.1. The Hall–Kier alpha value is -0.710. The molecular formula is C17H23BrN2S. The van der Waals surface area contributed by atoms with Crippen molar-refractivity contribution in [3.8, 4) is 0 Å². The van der Waals surface area contributed by atoms with E-state index in [9.17, 15) is 0 Å². The molecule has 114 valence electrons.